The summed E-state index contributed by atoms with van der Waals surface area (Å²) in [6.07, 6.45) is 0.344. The molecule has 0 saturated heterocycles. The minimum Gasteiger partial charge on any atom is -0.465 e. The molecular weight excluding hydrogens is 444 g/mol. The van der Waals surface area contributed by atoms with E-state index in [1.54, 1.807) is 38.2 Å². The Bertz CT molecular complexity index is 1190. The van der Waals surface area contributed by atoms with Crippen molar-refractivity contribution in [2.45, 2.75) is 20.8 Å². The Balaban J connectivity index is 1.69. The van der Waals surface area contributed by atoms with Crippen molar-refractivity contribution >= 4 is 40.8 Å². The van der Waals surface area contributed by atoms with Gasteiger partial charge in [-0.25, -0.2) is 9.78 Å². The van der Waals surface area contributed by atoms with Gasteiger partial charge in [0.05, 0.1) is 11.9 Å². The molecule has 0 aliphatic heterocycles. The number of benzene rings is 1. The van der Waals surface area contributed by atoms with Crippen LogP contribution in [0, 0.1) is 13.8 Å². The van der Waals surface area contributed by atoms with Gasteiger partial charge in [-0.05, 0) is 68.9 Å². The third-order valence-electron chi connectivity index (χ3n) is 4.54. The summed E-state index contributed by atoms with van der Waals surface area (Å²) in [7, 11) is 1.71. The lowest BCUT2D eigenvalue weighted by molar-refractivity contribution is 0.101. The van der Waals surface area contributed by atoms with E-state index < -0.39 is 6.09 Å². The molecule has 0 aliphatic rings. The summed E-state index contributed by atoms with van der Waals surface area (Å²) in [4.78, 5) is 29.0. The molecule has 2 heterocycles. The van der Waals surface area contributed by atoms with Gasteiger partial charge in [-0.1, -0.05) is 0 Å². The lowest BCUT2D eigenvalue weighted by Gasteiger charge is -2.18. The van der Waals surface area contributed by atoms with Crippen molar-refractivity contribution in [3.63, 3.8) is 0 Å². The number of hydrogen-bond donors (Lipinski definition) is 3. The number of aromatic nitrogens is 3. The Labute approximate surface area is 196 Å². The molecular formula is C22H24N6O4S. The van der Waals surface area contributed by atoms with Crippen LogP contribution in [0.1, 0.15) is 28.7 Å². The van der Waals surface area contributed by atoms with Crippen molar-refractivity contribution in [1.29, 1.82) is 0 Å². The molecule has 0 saturated carbocycles. The van der Waals surface area contributed by atoms with Crippen LogP contribution in [-0.2, 0) is 7.05 Å². The molecule has 1 aromatic carbocycles. The summed E-state index contributed by atoms with van der Waals surface area (Å²) in [5, 5.41) is 19.0. The van der Waals surface area contributed by atoms with Gasteiger partial charge in [-0.3, -0.25) is 14.4 Å². The van der Waals surface area contributed by atoms with Crippen LogP contribution >= 0.6 is 12.2 Å². The number of nitrogens with one attached hydrogen (secondary N) is 2. The van der Waals surface area contributed by atoms with Crippen molar-refractivity contribution in [1.82, 2.24) is 19.7 Å². The quantitative estimate of drug-likeness (QED) is 0.461. The van der Waals surface area contributed by atoms with E-state index in [1.165, 1.54) is 10.9 Å². The maximum Gasteiger partial charge on any atom is 0.413 e. The molecule has 0 spiro atoms. The van der Waals surface area contributed by atoms with E-state index >= 15 is 0 Å². The molecule has 33 heavy (non-hydrogen) atoms. The first-order valence-corrected chi connectivity index (χ1v) is 10.5. The third kappa shape index (κ3) is 6.04. The first-order valence-electron chi connectivity index (χ1n) is 10.0. The maximum absolute atomic E-state index is 12.6. The number of carboxylic acid groups (broad SMARTS) is 1. The highest BCUT2D eigenvalue weighted by molar-refractivity contribution is 7.80. The van der Waals surface area contributed by atoms with E-state index in [1.807, 2.05) is 26.0 Å². The zero-order chi connectivity index (χ0) is 24.1. The summed E-state index contributed by atoms with van der Waals surface area (Å²) in [6.45, 7) is 5.62. The van der Waals surface area contributed by atoms with Crippen molar-refractivity contribution in [2.24, 2.45) is 7.05 Å². The van der Waals surface area contributed by atoms with Gasteiger partial charge in [0, 0.05) is 25.3 Å². The second-order valence-corrected chi connectivity index (χ2v) is 7.61. The molecule has 3 N–H and O–H groups in total. The molecule has 0 bridgehead atoms. The van der Waals surface area contributed by atoms with Gasteiger partial charge in [0.15, 0.2) is 5.11 Å². The highest BCUT2D eigenvalue weighted by Crippen LogP contribution is 2.26. The van der Waals surface area contributed by atoms with Gasteiger partial charge in [0.2, 0.25) is 0 Å². The minimum absolute atomic E-state index is 0.0360. The van der Waals surface area contributed by atoms with E-state index in [-0.39, 0.29) is 17.6 Å². The van der Waals surface area contributed by atoms with Crippen molar-refractivity contribution in [3.8, 4) is 11.5 Å². The smallest absolute Gasteiger partial charge is 0.413 e. The SMILES string of the molecule is CCN(C(=O)O)C(=S)Nc1ccc(Oc2cc(C)cc(NC(=O)c3cc(C)nn3C)c2)cn1. The van der Waals surface area contributed by atoms with E-state index in [0.29, 0.717) is 28.7 Å². The van der Waals surface area contributed by atoms with Crippen LogP contribution in [0.4, 0.5) is 16.3 Å². The Morgan fingerprint density at radius 2 is 1.91 bits per heavy atom. The number of carbonyl (C=O) groups is 2. The van der Waals surface area contributed by atoms with Gasteiger partial charge in [-0.15, -0.1) is 0 Å². The standard InChI is InChI=1S/C22H24N6O4S/c1-5-28(22(30)31)21(33)25-19-7-6-16(12-23-19)32-17-9-13(2)8-15(11-17)24-20(29)18-10-14(3)26-27(18)4/h6-12H,5H2,1-4H3,(H,24,29)(H,30,31)(H,23,25,33). The molecule has 0 unspecified atom stereocenters. The van der Waals surface area contributed by atoms with Gasteiger partial charge in [0.1, 0.15) is 23.0 Å². The zero-order valence-electron chi connectivity index (χ0n) is 18.6. The molecule has 0 radical (unpaired) electrons. The number of aryl methyl sites for hydroxylation is 3. The number of pyridine rings is 1. The van der Waals surface area contributed by atoms with E-state index in [0.717, 1.165) is 16.2 Å². The Kier molecular flexibility index (Phi) is 7.23. The molecule has 0 fully saturated rings. The minimum atomic E-state index is -1.14. The van der Waals surface area contributed by atoms with Crippen LogP contribution in [0.3, 0.4) is 0 Å². The van der Waals surface area contributed by atoms with Crippen LogP contribution in [0.5, 0.6) is 11.5 Å². The molecule has 2 aromatic heterocycles. The average Bonchev–Trinajstić information content (AvgIpc) is 3.07. The molecule has 3 rings (SSSR count). The molecule has 11 heteroatoms. The fourth-order valence-electron chi connectivity index (χ4n) is 3.09. The Hall–Kier alpha value is -3.99. The lowest BCUT2D eigenvalue weighted by atomic mass is 10.2. The fraction of sp³-hybridized carbons (Fsp3) is 0.227. The number of anilines is 2. The molecule has 2 amide bonds. The fourth-order valence-corrected chi connectivity index (χ4v) is 3.40. The number of amides is 2. The summed E-state index contributed by atoms with van der Waals surface area (Å²) in [5.41, 5.74) is 2.69. The first-order chi connectivity index (χ1) is 15.7. The largest absolute Gasteiger partial charge is 0.465 e. The molecule has 0 aliphatic carbocycles. The molecule has 10 nitrogen and oxygen atoms in total. The van der Waals surface area contributed by atoms with Gasteiger partial charge in [-0.2, -0.15) is 5.10 Å². The molecule has 172 valence electrons. The number of rotatable bonds is 6. The topological polar surface area (TPSA) is 122 Å². The lowest BCUT2D eigenvalue weighted by Crippen LogP contribution is -2.38. The maximum atomic E-state index is 12.6. The molecule has 3 aromatic rings. The summed E-state index contributed by atoms with van der Waals surface area (Å²) < 4.78 is 7.41. The van der Waals surface area contributed by atoms with Gasteiger partial charge < -0.3 is 20.5 Å². The monoisotopic (exact) mass is 468 g/mol. The highest BCUT2D eigenvalue weighted by Gasteiger charge is 2.16. The first kappa shape index (κ1) is 23.7. The second-order valence-electron chi connectivity index (χ2n) is 7.22. The van der Waals surface area contributed by atoms with E-state index in [9.17, 15) is 9.59 Å². The zero-order valence-corrected chi connectivity index (χ0v) is 19.4. The Morgan fingerprint density at radius 3 is 2.48 bits per heavy atom. The van der Waals surface area contributed by atoms with Crippen LogP contribution in [0.25, 0.3) is 0 Å². The van der Waals surface area contributed by atoms with Crippen LogP contribution in [0.2, 0.25) is 0 Å². The Morgan fingerprint density at radius 1 is 1.15 bits per heavy atom. The van der Waals surface area contributed by atoms with Crippen molar-refractivity contribution in [3.05, 3.63) is 59.5 Å². The van der Waals surface area contributed by atoms with Gasteiger partial charge >= 0.3 is 6.09 Å². The van der Waals surface area contributed by atoms with Crippen molar-refractivity contribution < 1.29 is 19.4 Å². The second kappa shape index (κ2) is 10.1. The predicted molar refractivity (Wildman–Crippen MR) is 128 cm³/mol. The van der Waals surface area contributed by atoms with Gasteiger partial charge in [0.25, 0.3) is 5.91 Å². The van der Waals surface area contributed by atoms with E-state index in [4.69, 9.17) is 22.1 Å². The summed E-state index contributed by atoms with van der Waals surface area (Å²) >= 11 is 5.10. The average molecular weight is 469 g/mol. The summed E-state index contributed by atoms with van der Waals surface area (Å²) in [6, 6.07) is 10.4. The van der Waals surface area contributed by atoms with Crippen LogP contribution < -0.4 is 15.4 Å². The van der Waals surface area contributed by atoms with E-state index in [2.05, 4.69) is 20.7 Å². The normalized spacial score (nSPS) is 10.4. The predicted octanol–water partition coefficient (Wildman–Crippen LogP) is 4.17. The third-order valence-corrected chi connectivity index (χ3v) is 4.87. The van der Waals surface area contributed by atoms with Crippen LogP contribution in [0.15, 0.2) is 42.6 Å². The molecule has 0 atom stereocenters. The number of hydrogen-bond acceptors (Lipinski definition) is 6. The number of carbonyl (C=O) groups excluding carboxylic acids is 1. The number of thiocarbonyl (C=S) groups is 1. The highest BCUT2D eigenvalue weighted by atomic mass is 32.1. The van der Waals surface area contributed by atoms with Crippen molar-refractivity contribution in [2.75, 3.05) is 17.2 Å². The summed E-state index contributed by atoms with van der Waals surface area (Å²) in [5.74, 6) is 1.09. The van der Waals surface area contributed by atoms with Crippen LogP contribution in [-0.4, -0.2) is 48.4 Å². The number of nitrogens with zero attached hydrogens (tertiary/aromatic N) is 4. The number of ether oxygens (including phenoxy) is 1.